The van der Waals surface area contributed by atoms with Crippen molar-refractivity contribution in [1.82, 2.24) is 9.80 Å². The fraction of sp³-hybridized carbons (Fsp3) is 0.579. The summed E-state index contributed by atoms with van der Waals surface area (Å²) in [5.74, 6) is 0.798. The van der Waals surface area contributed by atoms with Gasteiger partial charge in [-0.15, -0.1) is 0 Å². The van der Waals surface area contributed by atoms with E-state index in [1.54, 1.807) is 18.2 Å². The van der Waals surface area contributed by atoms with E-state index in [9.17, 15) is 9.59 Å². The maximum Gasteiger partial charge on any atom is 0.320 e. The Balaban J connectivity index is 1.54. The quantitative estimate of drug-likeness (QED) is 0.770. The topological polar surface area (TPSA) is 85.1 Å². The second-order valence-corrected chi connectivity index (χ2v) is 7.48. The SMILES string of the molecule is NC(Cc1cc(Cl)ccc1OC=O)C1CCN(C(=O)N2CCOCC2)CC1. The third-order valence-corrected chi connectivity index (χ3v) is 5.59. The highest BCUT2D eigenvalue weighted by Gasteiger charge is 2.30. The summed E-state index contributed by atoms with van der Waals surface area (Å²) in [4.78, 5) is 27.0. The van der Waals surface area contributed by atoms with Crippen molar-refractivity contribution in [2.75, 3.05) is 39.4 Å². The lowest BCUT2D eigenvalue weighted by Gasteiger charge is -2.38. The van der Waals surface area contributed by atoms with Crippen LogP contribution in [-0.4, -0.2) is 67.7 Å². The van der Waals surface area contributed by atoms with Crippen LogP contribution in [-0.2, 0) is 16.0 Å². The standard InChI is InChI=1S/C19H26ClN3O4/c20-16-1-2-18(27-13-24)15(11-16)12-17(21)14-3-5-22(6-4-14)19(25)23-7-9-26-10-8-23/h1-2,11,13-14,17H,3-10,12,21H2. The van der Waals surface area contributed by atoms with Crippen LogP contribution in [0.3, 0.4) is 0 Å². The summed E-state index contributed by atoms with van der Waals surface area (Å²) in [7, 11) is 0. The van der Waals surface area contributed by atoms with E-state index in [-0.39, 0.29) is 12.1 Å². The fourth-order valence-electron chi connectivity index (χ4n) is 3.77. The Morgan fingerprint density at radius 1 is 1.26 bits per heavy atom. The van der Waals surface area contributed by atoms with Gasteiger partial charge in [-0.25, -0.2) is 4.79 Å². The Labute approximate surface area is 164 Å². The molecule has 2 heterocycles. The van der Waals surface area contributed by atoms with Gasteiger partial charge in [0.2, 0.25) is 0 Å². The predicted molar refractivity (Wildman–Crippen MR) is 102 cm³/mol. The molecule has 2 saturated heterocycles. The zero-order chi connectivity index (χ0) is 19.2. The van der Waals surface area contributed by atoms with Crippen LogP contribution in [0.2, 0.25) is 5.02 Å². The molecular formula is C19H26ClN3O4. The molecule has 2 aliphatic heterocycles. The molecule has 1 aromatic carbocycles. The number of carbonyl (C=O) groups excluding carboxylic acids is 2. The zero-order valence-corrected chi connectivity index (χ0v) is 16.1. The van der Waals surface area contributed by atoms with E-state index in [4.69, 9.17) is 26.8 Å². The van der Waals surface area contributed by atoms with Gasteiger partial charge in [0.15, 0.2) is 0 Å². The van der Waals surface area contributed by atoms with Crippen LogP contribution < -0.4 is 10.5 Å². The first kappa shape index (κ1) is 19.9. The molecule has 27 heavy (non-hydrogen) atoms. The number of nitrogens with two attached hydrogens (primary N) is 1. The summed E-state index contributed by atoms with van der Waals surface area (Å²) >= 11 is 6.07. The molecule has 3 rings (SSSR count). The molecule has 0 aromatic heterocycles. The second-order valence-electron chi connectivity index (χ2n) is 7.04. The van der Waals surface area contributed by atoms with Gasteiger partial charge in [0.25, 0.3) is 6.47 Å². The van der Waals surface area contributed by atoms with E-state index in [0.29, 0.717) is 69.0 Å². The van der Waals surface area contributed by atoms with Crippen LogP contribution in [0.25, 0.3) is 0 Å². The third-order valence-electron chi connectivity index (χ3n) is 5.35. The molecule has 1 aromatic rings. The van der Waals surface area contributed by atoms with Crippen LogP contribution in [0, 0.1) is 5.92 Å². The Morgan fingerprint density at radius 3 is 2.59 bits per heavy atom. The van der Waals surface area contributed by atoms with Crippen LogP contribution in [0.4, 0.5) is 4.79 Å². The monoisotopic (exact) mass is 395 g/mol. The highest BCUT2D eigenvalue weighted by molar-refractivity contribution is 6.30. The molecule has 1 atom stereocenters. The normalized spacial score (nSPS) is 19.6. The Bertz CT molecular complexity index is 658. The van der Waals surface area contributed by atoms with E-state index in [1.807, 2.05) is 9.80 Å². The van der Waals surface area contributed by atoms with Gasteiger partial charge in [0.1, 0.15) is 5.75 Å². The highest BCUT2D eigenvalue weighted by atomic mass is 35.5. The number of amides is 2. The number of benzene rings is 1. The van der Waals surface area contributed by atoms with Gasteiger partial charge in [0, 0.05) is 37.2 Å². The summed E-state index contributed by atoms with van der Waals surface area (Å²) in [6.45, 7) is 4.37. The number of halogens is 1. The first-order chi connectivity index (χ1) is 13.1. The number of urea groups is 1. The van der Waals surface area contributed by atoms with Gasteiger partial charge in [-0.05, 0) is 48.9 Å². The molecule has 0 saturated carbocycles. The maximum atomic E-state index is 12.6. The van der Waals surface area contributed by atoms with Crippen molar-refractivity contribution in [1.29, 1.82) is 0 Å². The number of hydrogen-bond acceptors (Lipinski definition) is 5. The summed E-state index contributed by atoms with van der Waals surface area (Å²) < 4.78 is 10.3. The largest absolute Gasteiger partial charge is 0.428 e. The van der Waals surface area contributed by atoms with Crippen molar-refractivity contribution in [2.24, 2.45) is 11.7 Å². The van der Waals surface area contributed by atoms with E-state index >= 15 is 0 Å². The molecule has 7 nitrogen and oxygen atoms in total. The first-order valence-corrected chi connectivity index (χ1v) is 9.72. The number of carbonyl (C=O) groups is 2. The summed E-state index contributed by atoms with van der Waals surface area (Å²) in [6.07, 6.45) is 2.30. The molecule has 148 valence electrons. The Kier molecular flexibility index (Phi) is 6.93. The van der Waals surface area contributed by atoms with Gasteiger partial charge in [-0.2, -0.15) is 0 Å². The molecule has 2 amide bonds. The highest BCUT2D eigenvalue weighted by Crippen LogP contribution is 2.28. The minimum absolute atomic E-state index is 0.0851. The van der Waals surface area contributed by atoms with Gasteiger partial charge in [-0.3, -0.25) is 4.79 Å². The molecule has 0 radical (unpaired) electrons. The minimum Gasteiger partial charge on any atom is -0.428 e. The molecule has 8 heteroatoms. The molecule has 2 N–H and O–H groups in total. The van der Waals surface area contributed by atoms with Crippen molar-refractivity contribution in [3.05, 3.63) is 28.8 Å². The number of ether oxygens (including phenoxy) is 2. The number of rotatable bonds is 5. The molecule has 2 aliphatic rings. The van der Waals surface area contributed by atoms with Gasteiger partial charge in [0.05, 0.1) is 13.2 Å². The molecule has 0 spiro atoms. The number of hydrogen-bond donors (Lipinski definition) is 1. The lowest BCUT2D eigenvalue weighted by atomic mass is 9.86. The Morgan fingerprint density at radius 2 is 1.93 bits per heavy atom. The smallest absolute Gasteiger partial charge is 0.320 e. The summed E-state index contributed by atoms with van der Waals surface area (Å²) in [5.41, 5.74) is 7.27. The number of nitrogens with zero attached hydrogens (tertiary/aromatic N) is 2. The van der Waals surface area contributed by atoms with E-state index in [2.05, 4.69) is 0 Å². The molecule has 0 bridgehead atoms. The molecule has 1 unspecified atom stereocenters. The van der Waals surface area contributed by atoms with Crippen LogP contribution in [0.15, 0.2) is 18.2 Å². The zero-order valence-electron chi connectivity index (χ0n) is 15.3. The lowest BCUT2D eigenvalue weighted by molar-refractivity contribution is -0.120. The number of likely N-dealkylation sites (tertiary alicyclic amines) is 1. The fourth-order valence-corrected chi connectivity index (χ4v) is 3.96. The van der Waals surface area contributed by atoms with Crippen LogP contribution >= 0.6 is 11.6 Å². The number of piperidine rings is 1. The van der Waals surface area contributed by atoms with E-state index < -0.39 is 0 Å². The molecule has 2 fully saturated rings. The van der Waals surface area contributed by atoms with Gasteiger partial charge < -0.3 is 25.0 Å². The molecule has 0 aliphatic carbocycles. The van der Waals surface area contributed by atoms with Crippen LogP contribution in [0.1, 0.15) is 18.4 Å². The summed E-state index contributed by atoms with van der Waals surface area (Å²) in [6, 6.07) is 5.17. The van der Waals surface area contributed by atoms with Crippen molar-refractivity contribution in [3.8, 4) is 5.75 Å². The summed E-state index contributed by atoms with van der Waals surface area (Å²) in [5, 5.41) is 0.585. The van der Waals surface area contributed by atoms with E-state index in [1.165, 1.54) is 0 Å². The first-order valence-electron chi connectivity index (χ1n) is 9.34. The van der Waals surface area contributed by atoms with E-state index in [0.717, 1.165) is 18.4 Å². The van der Waals surface area contributed by atoms with Crippen molar-refractivity contribution in [3.63, 3.8) is 0 Å². The Hall–Kier alpha value is -1.83. The lowest BCUT2D eigenvalue weighted by Crippen LogP contribution is -2.51. The van der Waals surface area contributed by atoms with Crippen molar-refractivity contribution in [2.45, 2.75) is 25.3 Å². The van der Waals surface area contributed by atoms with Crippen molar-refractivity contribution < 1.29 is 19.1 Å². The average molecular weight is 396 g/mol. The second kappa shape index (κ2) is 9.39. The third kappa shape index (κ3) is 5.12. The predicted octanol–water partition coefficient (Wildman–Crippen LogP) is 1.91. The van der Waals surface area contributed by atoms with Crippen LogP contribution in [0.5, 0.6) is 5.75 Å². The maximum absolute atomic E-state index is 12.6. The average Bonchev–Trinajstić information content (AvgIpc) is 2.70. The van der Waals surface area contributed by atoms with Crippen molar-refractivity contribution >= 4 is 24.1 Å². The number of morpholine rings is 1. The van der Waals surface area contributed by atoms with Gasteiger partial charge >= 0.3 is 6.03 Å². The van der Waals surface area contributed by atoms with Gasteiger partial charge in [-0.1, -0.05) is 11.6 Å². The molecular weight excluding hydrogens is 370 g/mol. The minimum atomic E-state index is -0.0851.